The maximum atomic E-state index is 14.1. The number of carbonyl (C=O) groups excluding carboxylic acids is 5. The number of nitrogens with two attached hydrogens (primary N) is 4. The molecular weight excluding hydrogens is 682 g/mol. The van der Waals surface area contributed by atoms with Crippen molar-refractivity contribution in [2.45, 2.75) is 62.7 Å². The number of nitrogens with zero attached hydrogens (tertiary/aromatic N) is 2. The van der Waals surface area contributed by atoms with E-state index in [-0.39, 0.29) is 56.4 Å². The minimum absolute atomic E-state index is 0.0102. The first-order chi connectivity index (χ1) is 25.4. The number of guanidine groups is 2. The fraction of sp³-hybridized carbons (Fsp3) is 0.361. The van der Waals surface area contributed by atoms with Gasteiger partial charge >= 0.3 is 0 Å². The summed E-state index contributed by atoms with van der Waals surface area (Å²) >= 11 is 0. The average molecular weight is 730 g/mol. The Hall–Kier alpha value is -6.39. The lowest BCUT2D eigenvalue weighted by Crippen LogP contribution is -2.58. The summed E-state index contributed by atoms with van der Waals surface area (Å²) in [6, 6.07) is 14.7. The predicted molar refractivity (Wildman–Crippen MR) is 200 cm³/mol. The highest BCUT2D eigenvalue weighted by atomic mass is 16.3. The van der Waals surface area contributed by atoms with Crippen LogP contribution in [0, 0.1) is 0 Å². The van der Waals surface area contributed by atoms with Crippen molar-refractivity contribution in [3.05, 3.63) is 77.9 Å². The number of hydrogen-bond acceptors (Lipinski definition) is 8. The van der Waals surface area contributed by atoms with Crippen molar-refractivity contribution in [3.63, 3.8) is 0 Å². The van der Waals surface area contributed by atoms with Gasteiger partial charge in [-0.05, 0) is 59.7 Å². The topological polar surface area (TPSA) is 295 Å². The van der Waals surface area contributed by atoms with Gasteiger partial charge in [0, 0.05) is 25.9 Å². The summed E-state index contributed by atoms with van der Waals surface area (Å²) in [5.41, 5.74) is 23.1. The van der Waals surface area contributed by atoms with E-state index in [1.165, 1.54) is 12.1 Å². The van der Waals surface area contributed by atoms with Crippen molar-refractivity contribution in [1.82, 2.24) is 26.6 Å². The molecule has 53 heavy (non-hydrogen) atoms. The lowest BCUT2D eigenvalue weighted by atomic mass is 9.99. The second-order valence-corrected chi connectivity index (χ2v) is 12.7. The van der Waals surface area contributed by atoms with Crippen LogP contribution in [-0.2, 0) is 36.8 Å². The van der Waals surface area contributed by atoms with Gasteiger partial charge in [-0.1, -0.05) is 54.6 Å². The molecule has 0 aliphatic carbocycles. The maximum Gasteiger partial charge on any atom is 0.243 e. The van der Waals surface area contributed by atoms with Gasteiger partial charge in [0.2, 0.25) is 29.5 Å². The molecule has 3 aromatic rings. The molecule has 0 spiro atoms. The number of benzene rings is 3. The van der Waals surface area contributed by atoms with Gasteiger partial charge in [0.15, 0.2) is 11.9 Å². The number of phenols is 1. The second-order valence-electron chi connectivity index (χ2n) is 12.7. The van der Waals surface area contributed by atoms with E-state index in [1.54, 1.807) is 12.1 Å². The molecule has 5 amide bonds. The van der Waals surface area contributed by atoms with E-state index in [0.717, 1.165) is 16.3 Å². The van der Waals surface area contributed by atoms with Gasteiger partial charge in [-0.2, -0.15) is 0 Å². The van der Waals surface area contributed by atoms with E-state index in [2.05, 4.69) is 36.6 Å². The number of carbonyl (C=O) groups is 5. The third-order valence-electron chi connectivity index (χ3n) is 8.49. The molecule has 0 saturated carbocycles. The smallest absolute Gasteiger partial charge is 0.243 e. The Morgan fingerprint density at radius 2 is 1.09 bits per heavy atom. The lowest BCUT2D eigenvalue weighted by Gasteiger charge is -2.26. The molecule has 0 radical (unpaired) electrons. The van der Waals surface area contributed by atoms with Crippen LogP contribution in [0.4, 0.5) is 0 Å². The van der Waals surface area contributed by atoms with Crippen molar-refractivity contribution < 1.29 is 29.1 Å². The van der Waals surface area contributed by atoms with Crippen molar-refractivity contribution in [2.75, 3.05) is 19.6 Å². The molecule has 0 bridgehead atoms. The zero-order chi connectivity index (χ0) is 38.3. The van der Waals surface area contributed by atoms with E-state index in [0.29, 0.717) is 18.4 Å². The highest BCUT2D eigenvalue weighted by Gasteiger charge is 2.32. The van der Waals surface area contributed by atoms with Crippen molar-refractivity contribution in [3.8, 4) is 5.75 Å². The Labute approximate surface area is 306 Å². The van der Waals surface area contributed by atoms with Crippen LogP contribution in [0.15, 0.2) is 76.7 Å². The molecule has 4 rings (SSSR count). The zero-order valence-corrected chi connectivity index (χ0v) is 29.2. The molecule has 4 atom stereocenters. The Balaban J connectivity index is 1.70. The van der Waals surface area contributed by atoms with E-state index in [1.807, 2.05) is 42.5 Å². The fourth-order valence-electron chi connectivity index (χ4n) is 5.79. The molecule has 282 valence electrons. The minimum Gasteiger partial charge on any atom is -0.508 e. The number of rotatable bonds is 12. The summed E-state index contributed by atoms with van der Waals surface area (Å²) in [5.74, 6) is -3.65. The third kappa shape index (κ3) is 12.7. The van der Waals surface area contributed by atoms with E-state index < -0.39 is 60.2 Å². The first kappa shape index (κ1) is 39.4. The van der Waals surface area contributed by atoms with Gasteiger partial charge in [-0.3, -0.25) is 34.0 Å². The number of nitrogens with one attached hydrogen (secondary N) is 5. The summed E-state index contributed by atoms with van der Waals surface area (Å²) in [6.07, 6.45) is 0.802. The Morgan fingerprint density at radius 3 is 1.68 bits per heavy atom. The van der Waals surface area contributed by atoms with Crippen LogP contribution in [0.3, 0.4) is 0 Å². The molecule has 3 aromatic carbocycles. The molecule has 17 nitrogen and oxygen atoms in total. The molecule has 1 aliphatic rings. The first-order valence-electron chi connectivity index (χ1n) is 17.2. The molecule has 14 N–H and O–H groups in total. The summed E-state index contributed by atoms with van der Waals surface area (Å²) in [7, 11) is 0. The van der Waals surface area contributed by atoms with Crippen molar-refractivity contribution in [2.24, 2.45) is 32.9 Å². The number of aromatic hydroxyl groups is 1. The van der Waals surface area contributed by atoms with E-state index >= 15 is 0 Å². The van der Waals surface area contributed by atoms with Crippen LogP contribution in [-0.4, -0.2) is 90.4 Å². The van der Waals surface area contributed by atoms with Gasteiger partial charge in [-0.15, -0.1) is 0 Å². The first-order valence-corrected chi connectivity index (χ1v) is 17.2. The number of amides is 5. The molecule has 1 aliphatic heterocycles. The summed E-state index contributed by atoms with van der Waals surface area (Å²) < 4.78 is 0. The van der Waals surface area contributed by atoms with Gasteiger partial charge in [0.25, 0.3) is 0 Å². The predicted octanol–water partition coefficient (Wildman–Crippen LogP) is -1.49. The molecule has 1 saturated heterocycles. The van der Waals surface area contributed by atoms with Gasteiger partial charge in [0.05, 0.1) is 6.54 Å². The highest BCUT2D eigenvalue weighted by Crippen LogP contribution is 2.18. The van der Waals surface area contributed by atoms with E-state index in [9.17, 15) is 29.1 Å². The third-order valence-corrected chi connectivity index (χ3v) is 8.49. The average Bonchev–Trinajstić information content (AvgIpc) is 3.12. The number of fused-ring (bicyclic) bond motifs is 1. The Morgan fingerprint density at radius 1 is 0.604 bits per heavy atom. The van der Waals surface area contributed by atoms with Gasteiger partial charge in [0.1, 0.15) is 29.9 Å². The summed E-state index contributed by atoms with van der Waals surface area (Å²) in [5, 5.41) is 25.2. The van der Waals surface area contributed by atoms with Gasteiger partial charge in [-0.25, -0.2) is 0 Å². The maximum absolute atomic E-state index is 14.1. The van der Waals surface area contributed by atoms with Crippen LogP contribution >= 0.6 is 0 Å². The lowest BCUT2D eigenvalue weighted by molar-refractivity contribution is -0.134. The summed E-state index contributed by atoms with van der Waals surface area (Å²) in [4.78, 5) is 76.3. The van der Waals surface area contributed by atoms with Crippen LogP contribution in [0.2, 0.25) is 0 Å². The van der Waals surface area contributed by atoms with Crippen LogP contribution < -0.4 is 49.5 Å². The largest absolute Gasteiger partial charge is 0.508 e. The monoisotopic (exact) mass is 729 g/mol. The Bertz CT molecular complexity index is 1820. The molecule has 1 fully saturated rings. The van der Waals surface area contributed by atoms with Crippen molar-refractivity contribution >= 4 is 52.2 Å². The zero-order valence-electron chi connectivity index (χ0n) is 29.2. The number of hydrogen-bond donors (Lipinski definition) is 10. The quantitative estimate of drug-likeness (QED) is 0.0585. The van der Waals surface area contributed by atoms with Crippen LogP contribution in [0.25, 0.3) is 10.8 Å². The second kappa shape index (κ2) is 19.3. The van der Waals surface area contributed by atoms with Crippen molar-refractivity contribution in [1.29, 1.82) is 0 Å². The molecule has 0 aromatic heterocycles. The molecule has 17 heteroatoms. The van der Waals surface area contributed by atoms with Crippen LogP contribution in [0.1, 0.15) is 36.8 Å². The molecular formula is C36H47N11O6. The van der Waals surface area contributed by atoms with Gasteiger partial charge < -0.3 is 54.6 Å². The standard InChI is InChI=1S/C36H47N11O6/c37-35(38)41-15-3-7-26-31(50)43-20-30(49)44-27(8-4-16-42-36(39)40)32(51)46-28(18-21-10-13-25(48)14-11-21)34(53)47-29(33(52)45-26)19-22-9-12-23-5-1-2-6-24(23)17-22/h1-2,5-6,9-14,17,26-29,48H,3-4,7-8,15-16,18-20H2,(H,43,50)(H,44,49)(H,45,52)(H,46,51)(H,47,53)(H4,37,38,41)(H4,39,40,42)/t26-,27-,28-,29+/m1/s1. The van der Waals surface area contributed by atoms with E-state index in [4.69, 9.17) is 22.9 Å². The SMILES string of the molecule is NC(N)=NCCC[C@H]1NC(=O)CNC(=O)[C@@H](CCCN=C(N)N)NC(=O)[C@H](Cc2ccc3ccccc3c2)NC(=O)[C@@H](Cc2ccc(O)cc2)NC1=O. The molecule has 0 unspecified atom stereocenters. The Kier molecular flexibility index (Phi) is 14.3. The fourth-order valence-corrected chi connectivity index (χ4v) is 5.79. The normalized spacial score (nSPS) is 20.0. The number of phenolic OH excluding ortho intramolecular Hbond substituents is 1. The van der Waals surface area contributed by atoms with Crippen LogP contribution in [0.5, 0.6) is 5.75 Å². The highest BCUT2D eigenvalue weighted by molar-refractivity contribution is 5.97. The minimum atomic E-state index is -1.23. The summed E-state index contributed by atoms with van der Waals surface area (Å²) in [6.45, 7) is -0.165. The number of aliphatic imine (C=N–C) groups is 2. The molecule has 1 heterocycles.